The number of aliphatic hydroxyl groups excluding tert-OH is 1. The number of piperazine rings is 1. The second-order valence-corrected chi connectivity index (χ2v) is 5.26. The van der Waals surface area contributed by atoms with Crippen molar-refractivity contribution in [3.05, 3.63) is 30.1 Å². The van der Waals surface area contributed by atoms with Gasteiger partial charge in [-0.15, -0.1) is 0 Å². The van der Waals surface area contributed by atoms with Gasteiger partial charge >= 0.3 is 0 Å². The molecular formula is C14H24N4O. The summed E-state index contributed by atoms with van der Waals surface area (Å²) < 4.78 is 0. The molecule has 1 unspecified atom stereocenters. The molecule has 1 aliphatic heterocycles. The first-order valence-corrected chi connectivity index (χ1v) is 6.92. The number of likely N-dealkylation sites (N-methyl/N-ethyl adjacent to an activating group) is 1. The molecule has 0 saturated carbocycles. The summed E-state index contributed by atoms with van der Waals surface area (Å²) in [5.74, 6) is 0. The number of hydrogen-bond donors (Lipinski definition) is 2. The zero-order chi connectivity index (χ0) is 13.5. The van der Waals surface area contributed by atoms with Gasteiger partial charge in [-0.2, -0.15) is 0 Å². The van der Waals surface area contributed by atoms with Crippen molar-refractivity contribution in [1.82, 2.24) is 20.1 Å². The van der Waals surface area contributed by atoms with Gasteiger partial charge in [-0.1, -0.05) is 6.07 Å². The molecular weight excluding hydrogens is 240 g/mol. The first kappa shape index (κ1) is 14.4. The van der Waals surface area contributed by atoms with Crippen molar-refractivity contribution in [3.8, 4) is 0 Å². The third-order valence-electron chi connectivity index (χ3n) is 3.38. The Kier molecular flexibility index (Phi) is 5.72. The smallest absolute Gasteiger partial charge is 0.0793 e. The van der Waals surface area contributed by atoms with Gasteiger partial charge in [0, 0.05) is 58.2 Å². The molecule has 1 aromatic rings. The molecule has 1 atom stereocenters. The highest BCUT2D eigenvalue weighted by Crippen LogP contribution is 2.03. The number of nitrogens with one attached hydrogen (secondary N) is 1. The summed E-state index contributed by atoms with van der Waals surface area (Å²) >= 11 is 0. The Balaban J connectivity index is 1.70. The highest BCUT2D eigenvalue weighted by Gasteiger charge is 2.15. The third-order valence-corrected chi connectivity index (χ3v) is 3.38. The average Bonchev–Trinajstić information content (AvgIpc) is 2.40. The maximum absolute atomic E-state index is 10.1. The van der Waals surface area contributed by atoms with Crippen molar-refractivity contribution in [1.29, 1.82) is 0 Å². The molecule has 0 radical (unpaired) electrons. The average molecular weight is 264 g/mol. The van der Waals surface area contributed by atoms with E-state index >= 15 is 0 Å². The Labute approximate surface area is 115 Å². The molecule has 2 N–H and O–H groups in total. The summed E-state index contributed by atoms with van der Waals surface area (Å²) in [6, 6.07) is 4.01. The summed E-state index contributed by atoms with van der Waals surface area (Å²) in [5.41, 5.74) is 1.18. The van der Waals surface area contributed by atoms with E-state index < -0.39 is 0 Å². The lowest BCUT2D eigenvalue weighted by Crippen LogP contribution is -2.47. The fourth-order valence-electron chi connectivity index (χ4n) is 2.48. The molecule has 0 aliphatic carbocycles. The van der Waals surface area contributed by atoms with Gasteiger partial charge in [0.1, 0.15) is 0 Å². The van der Waals surface area contributed by atoms with Crippen LogP contribution in [0.4, 0.5) is 0 Å². The van der Waals surface area contributed by atoms with Crippen molar-refractivity contribution >= 4 is 0 Å². The normalized spacial score (nSPS) is 18.7. The van der Waals surface area contributed by atoms with Crippen LogP contribution < -0.4 is 5.32 Å². The molecule has 2 rings (SSSR count). The minimum absolute atomic E-state index is 0.292. The minimum Gasteiger partial charge on any atom is -0.390 e. The van der Waals surface area contributed by atoms with E-state index in [9.17, 15) is 5.11 Å². The first-order valence-electron chi connectivity index (χ1n) is 6.92. The Bertz CT molecular complexity index is 354. The van der Waals surface area contributed by atoms with Crippen LogP contribution in [0.15, 0.2) is 24.5 Å². The molecule has 0 spiro atoms. The van der Waals surface area contributed by atoms with Crippen molar-refractivity contribution in [2.24, 2.45) is 0 Å². The summed E-state index contributed by atoms with van der Waals surface area (Å²) in [6.07, 6.45) is 3.36. The first-order chi connectivity index (χ1) is 9.24. The molecule has 0 aromatic carbocycles. The molecule has 1 fully saturated rings. The highest BCUT2D eigenvalue weighted by molar-refractivity contribution is 5.07. The Morgan fingerprint density at radius 1 is 1.47 bits per heavy atom. The molecule has 1 saturated heterocycles. The van der Waals surface area contributed by atoms with Crippen LogP contribution in [-0.4, -0.2) is 72.3 Å². The Morgan fingerprint density at radius 3 is 2.95 bits per heavy atom. The molecule has 106 valence electrons. The van der Waals surface area contributed by atoms with E-state index in [0.717, 1.165) is 39.3 Å². The predicted molar refractivity (Wildman–Crippen MR) is 75.9 cm³/mol. The second kappa shape index (κ2) is 7.55. The van der Waals surface area contributed by atoms with Gasteiger partial charge in [0.05, 0.1) is 6.10 Å². The predicted octanol–water partition coefficient (Wildman–Crippen LogP) is -0.220. The van der Waals surface area contributed by atoms with Crippen molar-refractivity contribution in [2.75, 3.05) is 46.3 Å². The van der Waals surface area contributed by atoms with E-state index in [-0.39, 0.29) is 6.10 Å². The van der Waals surface area contributed by atoms with Gasteiger partial charge in [-0.3, -0.25) is 14.8 Å². The fourth-order valence-corrected chi connectivity index (χ4v) is 2.48. The maximum atomic E-state index is 10.1. The Morgan fingerprint density at radius 2 is 2.26 bits per heavy atom. The zero-order valence-corrected chi connectivity index (χ0v) is 11.6. The molecule has 19 heavy (non-hydrogen) atoms. The largest absolute Gasteiger partial charge is 0.390 e. The number of hydrogen-bond acceptors (Lipinski definition) is 5. The van der Waals surface area contributed by atoms with Crippen LogP contribution in [-0.2, 0) is 6.54 Å². The maximum Gasteiger partial charge on any atom is 0.0793 e. The van der Waals surface area contributed by atoms with Crippen LogP contribution >= 0.6 is 0 Å². The Hall–Kier alpha value is -1.01. The van der Waals surface area contributed by atoms with Crippen molar-refractivity contribution in [3.63, 3.8) is 0 Å². The lowest BCUT2D eigenvalue weighted by molar-refractivity contribution is 0.0752. The standard InChI is InChI=1S/C14H24N4O/c1-17(10-13-3-2-4-16-9-13)11-14(19)12-18-7-5-15-6-8-18/h2-4,9,14-15,19H,5-8,10-12H2,1H3. The quantitative estimate of drug-likeness (QED) is 0.744. The van der Waals surface area contributed by atoms with Crippen LogP contribution in [0.2, 0.25) is 0 Å². The number of pyridine rings is 1. The van der Waals surface area contributed by atoms with E-state index in [0.29, 0.717) is 6.54 Å². The number of aliphatic hydroxyl groups is 1. The van der Waals surface area contributed by atoms with Gasteiger partial charge in [-0.25, -0.2) is 0 Å². The van der Waals surface area contributed by atoms with Crippen LogP contribution in [0.5, 0.6) is 0 Å². The number of aromatic nitrogens is 1. The highest BCUT2D eigenvalue weighted by atomic mass is 16.3. The second-order valence-electron chi connectivity index (χ2n) is 5.26. The lowest BCUT2D eigenvalue weighted by atomic mass is 10.2. The van der Waals surface area contributed by atoms with E-state index in [2.05, 4.69) is 26.2 Å². The lowest BCUT2D eigenvalue weighted by Gasteiger charge is -2.30. The molecule has 2 heterocycles. The minimum atomic E-state index is -0.292. The van der Waals surface area contributed by atoms with E-state index in [1.807, 2.05) is 19.3 Å². The van der Waals surface area contributed by atoms with Gasteiger partial charge in [-0.05, 0) is 18.7 Å². The summed E-state index contributed by atoms with van der Waals surface area (Å²) in [5, 5.41) is 13.5. The van der Waals surface area contributed by atoms with Crippen molar-refractivity contribution < 1.29 is 5.11 Å². The molecule has 5 nitrogen and oxygen atoms in total. The SMILES string of the molecule is CN(Cc1cccnc1)CC(O)CN1CCNCC1. The number of β-amino-alcohol motifs (C(OH)–C–C–N with tert-alkyl or cyclic N) is 1. The van der Waals surface area contributed by atoms with E-state index in [4.69, 9.17) is 0 Å². The fraction of sp³-hybridized carbons (Fsp3) is 0.643. The monoisotopic (exact) mass is 264 g/mol. The van der Waals surface area contributed by atoms with Gasteiger partial charge in [0.2, 0.25) is 0 Å². The van der Waals surface area contributed by atoms with Gasteiger partial charge in [0.25, 0.3) is 0 Å². The molecule has 0 amide bonds. The molecule has 1 aliphatic rings. The van der Waals surface area contributed by atoms with E-state index in [1.54, 1.807) is 6.20 Å². The van der Waals surface area contributed by atoms with Crippen LogP contribution in [0.3, 0.4) is 0 Å². The zero-order valence-electron chi connectivity index (χ0n) is 11.6. The molecule has 0 bridgehead atoms. The molecule has 5 heteroatoms. The van der Waals surface area contributed by atoms with Gasteiger partial charge < -0.3 is 10.4 Å². The van der Waals surface area contributed by atoms with Crippen LogP contribution in [0.25, 0.3) is 0 Å². The van der Waals surface area contributed by atoms with E-state index in [1.165, 1.54) is 5.56 Å². The summed E-state index contributed by atoms with van der Waals surface area (Å²) in [7, 11) is 2.04. The number of nitrogens with zero attached hydrogens (tertiary/aromatic N) is 3. The van der Waals surface area contributed by atoms with Crippen LogP contribution in [0.1, 0.15) is 5.56 Å². The van der Waals surface area contributed by atoms with Gasteiger partial charge in [0.15, 0.2) is 0 Å². The third kappa shape index (κ3) is 5.24. The summed E-state index contributed by atoms with van der Waals surface area (Å²) in [4.78, 5) is 8.57. The molecule has 1 aromatic heterocycles. The summed E-state index contributed by atoms with van der Waals surface area (Å²) in [6.45, 7) is 6.40. The number of rotatable bonds is 6. The van der Waals surface area contributed by atoms with Crippen molar-refractivity contribution in [2.45, 2.75) is 12.6 Å². The topological polar surface area (TPSA) is 51.6 Å². The van der Waals surface area contributed by atoms with Crippen LogP contribution in [0, 0.1) is 0 Å².